The van der Waals surface area contributed by atoms with Gasteiger partial charge in [0.25, 0.3) is 0 Å². The van der Waals surface area contributed by atoms with E-state index in [1.165, 1.54) is 0 Å². The van der Waals surface area contributed by atoms with Crippen LogP contribution >= 0.6 is 0 Å². The summed E-state index contributed by atoms with van der Waals surface area (Å²) in [7, 11) is -1.51. The molecule has 23 heavy (non-hydrogen) atoms. The van der Waals surface area contributed by atoms with Crippen LogP contribution < -0.4 is 0 Å². The molecular formula is C17H28N2O3Si. The van der Waals surface area contributed by atoms with E-state index in [0.29, 0.717) is 13.2 Å². The van der Waals surface area contributed by atoms with E-state index in [4.69, 9.17) is 9.57 Å². The van der Waals surface area contributed by atoms with Crippen LogP contribution in [0.3, 0.4) is 0 Å². The van der Waals surface area contributed by atoms with E-state index in [2.05, 4.69) is 57.0 Å². The standard InChI is InChI=1S/C17H28N2O3Si/c1-8-21-15(20)19-11-10-17(16(2,3)4)13(18-22-14(17)19)9-12-23(5,6)7/h14H,8,10-11H2,1-7H3. The Kier molecular flexibility index (Phi) is 4.55. The monoisotopic (exact) mass is 336 g/mol. The average Bonchev–Trinajstić information content (AvgIpc) is 2.92. The number of fused-ring (bicyclic) bond motifs is 1. The molecule has 0 aromatic carbocycles. The second kappa shape index (κ2) is 5.86. The first-order chi connectivity index (χ1) is 10.5. The van der Waals surface area contributed by atoms with Gasteiger partial charge in [0.1, 0.15) is 13.8 Å². The van der Waals surface area contributed by atoms with Crippen molar-refractivity contribution >= 4 is 19.9 Å². The Morgan fingerprint density at radius 2 is 2.13 bits per heavy atom. The number of ether oxygens (including phenoxy) is 1. The van der Waals surface area contributed by atoms with Crippen molar-refractivity contribution in [2.24, 2.45) is 16.0 Å². The number of hydrogen-bond donors (Lipinski definition) is 0. The lowest BCUT2D eigenvalue weighted by Crippen LogP contribution is -2.50. The molecule has 1 amide bonds. The number of carbonyl (C=O) groups excluding carboxylic acids is 1. The summed E-state index contributed by atoms with van der Waals surface area (Å²) in [5.41, 5.74) is 3.68. The average molecular weight is 337 g/mol. The van der Waals surface area contributed by atoms with Gasteiger partial charge in [0, 0.05) is 6.54 Å². The fourth-order valence-electron chi connectivity index (χ4n) is 3.24. The second-order valence-electron chi connectivity index (χ2n) is 8.26. The molecule has 0 spiro atoms. The van der Waals surface area contributed by atoms with Gasteiger partial charge in [-0.25, -0.2) is 4.79 Å². The normalized spacial score (nSPS) is 26.8. The van der Waals surface area contributed by atoms with Gasteiger partial charge in [-0.3, -0.25) is 4.90 Å². The summed E-state index contributed by atoms with van der Waals surface area (Å²) in [6, 6.07) is 0. The fraction of sp³-hybridized carbons (Fsp3) is 0.765. The molecule has 6 heteroatoms. The molecule has 128 valence electrons. The molecule has 1 fully saturated rings. The maximum atomic E-state index is 12.2. The van der Waals surface area contributed by atoms with E-state index in [1.807, 2.05) is 6.92 Å². The molecule has 0 aromatic heterocycles. The van der Waals surface area contributed by atoms with Crippen LogP contribution in [0.5, 0.6) is 0 Å². The summed E-state index contributed by atoms with van der Waals surface area (Å²) in [6.45, 7) is 15.9. The quantitative estimate of drug-likeness (QED) is 0.544. The Bertz CT molecular complexity index is 577. The smallest absolute Gasteiger partial charge is 0.412 e. The molecule has 1 saturated heterocycles. The van der Waals surface area contributed by atoms with Crippen molar-refractivity contribution in [3.05, 3.63) is 0 Å². The molecule has 2 heterocycles. The third-order valence-electron chi connectivity index (χ3n) is 4.51. The van der Waals surface area contributed by atoms with Crippen LogP contribution in [0.4, 0.5) is 4.79 Å². The summed E-state index contributed by atoms with van der Waals surface area (Å²) in [4.78, 5) is 19.6. The third-order valence-corrected chi connectivity index (χ3v) is 5.39. The topological polar surface area (TPSA) is 51.1 Å². The van der Waals surface area contributed by atoms with Crippen molar-refractivity contribution in [2.75, 3.05) is 13.2 Å². The van der Waals surface area contributed by atoms with Gasteiger partial charge in [-0.2, -0.15) is 0 Å². The number of nitrogens with zero attached hydrogens (tertiary/aromatic N) is 2. The van der Waals surface area contributed by atoms with Crippen LogP contribution in [0, 0.1) is 22.3 Å². The zero-order chi connectivity index (χ0) is 17.5. The highest BCUT2D eigenvalue weighted by atomic mass is 28.3. The van der Waals surface area contributed by atoms with E-state index in [-0.39, 0.29) is 16.9 Å². The van der Waals surface area contributed by atoms with Crippen LogP contribution in [0.25, 0.3) is 0 Å². The number of carbonyl (C=O) groups is 1. The first-order valence-corrected chi connectivity index (χ1v) is 11.7. The maximum Gasteiger partial charge on any atom is 0.412 e. The van der Waals surface area contributed by atoms with Crippen LogP contribution in [-0.2, 0) is 9.57 Å². The van der Waals surface area contributed by atoms with Gasteiger partial charge in [0.15, 0.2) is 0 Å². The Morgan fingerprint density at radius 1 is 1.48 bits per heavy atom. The van der Waals surface area contributed by atoms with Gasteiger partial charge in [-0.1, -0.05) is 51.5 Å². The van der Waals surface area contributed by atoms with Crippen molar-refractivity contribution in [1.29, 1.82) is 0 Å². The van der Waals surface area contributed by atoms with Crippen molar-refractivity contribution in [2.45, 2.75) is 60.0 Å². The van der Waals surface area contributed by atoms with E-state index < -0.39 is 14.3 Å². The lowest BCUT2D eigenvalue weighted by atomic mass is 9.62. The predicted molar refractivity (Wildman–Crippen MR) is 93.7 cm³/mol. The van der Waals surface area contributed by atoms with E-state index in [1.54, 1.807) is 4.90 Å². The molecular weight excluding hydrogens is 308 g/mol. The number of oxime groups is 1. The molecule has 2 atom stereocenters. The summed E-state index contributed by atoms with van der Waals surface area (Å²) in [5.74, 6) is 3.29. The first kappa shape index (κ1) is 17.9. The molecule has 0 aliphatic carbocycles. The van der Waals surface area contributed by atoms with Gasteiger partial charge >= 0.3 is 6.09 Å². The van der Waals surface area contributed by atoms with Crippen molar-refractivity contribution in [1.82, 2.24) is 4.90 Å². The van der Waals surface area contributed by atoms with Crippen molar-refractivity contribution < 1.29 is 14.4 Å². The summed E-state index contributed by atoms with van der Waals surface area (Å²) in [6.07, 6.45) is 0.0323. The zero-order valence-electron chi connectivity index (χ0n) is 15.3. The highest BCUT2D eigenvalue weighted by Crippen LogP contribution is 2.54. The number of hydrogen-bond acceptors (Lipinski definition) is 4. The van der Waals surface area contributed by atoms with E-state index >= 15 is 0 Å². The minimum Gasteiger partial charge on any atom is -0.450 e. The largest absolute Gasteiger partial charge is 0.450 e. The number of rotatable bonds is 1. The zero-order valence-corrected chi connectivity index (χ0v) is 16.3. The second-order valence-corrected chi connectivity index (χ2v) is 13.0. The molecule has 0 saturated carbocycles. The first-order valence-electron chi connectivity index (χ1n) is 8.24. The highest BCUT2D eigenvalue weighted by Gasteiger charge is 2.63. The third kappa shape index (κ3) is 3.12. The molecule has 5 nitrogen and oxygen atoms in total. The van der Waals surface area contributed by atoms with Crippen molar-refractivity contribution in [3.63, 3.8) is 0 Å². The summed E-state index contributed by atoms with van der Waals surface area (Å²) < 4.78 is 5.17. The Labute approximate surface area is 140 Å². The molecule has 0 N–H and O–H groups in total. The minimum absolute atomic E-state index is 0.123. The molecule has 0 radical (unpaired) electrons. The lowest BCUT2D eigenvalue weighted by Gasteiger charge is -2.40. The van der Waals surface area contributed by atoms with Crippen LogP contribution in [0.15, 0.2) is 5.16 Å². The van der Waals surface area contributed by atoms with Crippen LogP contribution in [0.1, 0.15) is 34.1 Å². The number of amides is 1. The van der Waals surface area contributed by atoms with Gasteiger partial charge in [-0.15, -0.1) is 5.54 Å². The summed E-state index contributed by atoms with van der Waals surface area (Å²) in [5, 5.41) is 4.27. The molecule has 2 aliphatic rings. The van der Waals surface area contributed by atoms with Gasteiger partial charge < -0.3 is 9.57 Å². The Morgan fingerprint density at radius 3 is 2.65 bits per heavy atom. The molecule has 2 rings (SSSR count). The SMILES string of the molecule is CCOC(=O)N1CCC2(C(C)(C)C)C(C#C[Si](C)(C)C)=NOC12. The van der Waals surface area contributed by atoms with E-state index in [0.717, 1.165) is 12.1 Å². The van der Waals surface area contributed by atoms with Gasteiger partial charge in [0.05, 0.1) is 12.0 Å². The Balaban J connectivity index is 2.39. The molecule has 2 unspecified atom stereocenters. The number of likely N-dealkylation sites (tertiary alicyclic amines) is 1. The van der Waals surface area contributed by atoms with Crippen LogP contribution in [0.2, 0.25) is 19.6 Å². The van der Waals surface area contributed by atoms with E-state index in [9.17, 15) is 4.79 Å². The molecule has 2 aliphatic heterocycles. The minimum atomic E-state index is -1.51. The van der Waals surface area contributed by atoms with Gasteiger partial charge in [-0.05, 0) is 18.8 Å². The fourth-order valence-corrected chi connectivity index (χ4v) is 3.74. The lowest BCUT2D eigenvalue weighted by molar-refractivity contribution is -0.0713. The molecule has 0 aromatic rings. The summed E-state index contributed by atoms with van der Waals surface area (Å²) >= 11 is 0. The Hall–Kier alpha value is -1.48. The molecule has 0 bridgehead atoms. The van der Waals surface area contributed by atoms with Crippen LogP contribution in [-0.4, -0.2) is 44.2 Å². The van der Waals surface area contributed by atoms with Crippen molar-refractivity contribution in [3.8, 4) is 11.5 Å². The highest BCUT2D eigenvalue weighted by molar-refractivity contribution is 6.84. The maximum absolute atomic E-state index is 12.2. The predicted octanol–water partition coefficient (Wildman–Crippen LogP) is 3.47. The van der Waals surface area contributed by atoms with Gasteiger partial charge in [0.2, 0.25) is 6.23 Å².